The van der Waals surface area contributed by atoms with Gasteiger partial charge in [0.15, 0.2) is 10.8 Å². The van der Waals surface area contributed by atoms with E-state index in [1.54, 1.807) is 12.4 Å². The fourth-order valence-electron chi connectivity index (χ4n) is 1.35. The topological polar surface area (TPSA) is 67.3 Å². The van der Waals surface area contributed by atoms with E-state index >= 15 is 0 Å². The lowest BCUT2D eigenvalue weighted by Gasteiger charge is -1.93. The van der Waals surface area contributed by atoms with Crippen molar-refractivity contribution in [3.05, 3.63) is 36.2 Å². The minimum Gasteiger partial charge on any atom is -0.265 e. The number of nitrogens with zero attached hydrogens (tertiary/aromatic N) is 4. The molecule has 0 unspecified atom stereocenters. The lowest BCUT2D eigenvalue weighted by Crippen LogP contribution is -1.81. The van der Waals surface area contributed by atoms with Gasteiger partial charge in [-0.15, -0.1) is 11.3 Å². The molecule has 3 heterocycles. The van der Waals surface area contributed by atoms with Gasteiger partial charge in [-0.25, -0.2) is 9.97 Å². The molecule has 1 N–H and O–H groups in total. The van der Waals surface area contributed by atoms with E-state index in [2.05, 4.69) is 25.1 Å². The molecule has 5 nitrogen and oxygen atoms in total. The summed E-state index contributed by atoms with van der Waals surface area (Å²) in [6.45, 7) is 0. The number of aromatic nitrogens is 5. The normalized spacial score (nSPS) is 10.5. The molecule has 3 aromatic rings. The van der Waals surface area contributed by atoms with E-state index in [1.807, 2.05) is 17.5 Å². The standard InChI is InChI=1S/C10H7N5S/c1-3-11-4-2-7(1)8-5-16-10(14-8)9-12-6-13-15-9/h1-6H,(H,12,13,15). The highest BCUT2D eigenvalue weighted by Gasteiger charge is 2.07. The molecule has 0 radical (unpaired) electrons. The predicted octanol–water partition coefficient (Wildman–Crippen LogP) is 1.99. The lowest BCUT2D eigenvalue weighted by atomic mass is 10.2. The van der Waals surface area contributed by atoms with Crippen molar-refractivity contribution in [3.8, 4) is 22.1 Å². The van der Waals surface area contributed by atoms with Crippen molar-refractivity contribution < 1.29 is 0 Å². The van der Waals surface area contributed by atoms with Gasteiger partial charge in [-0.05, 0) is 12.1 Å². The van der Waals surface area contributed by atoms with E-state index in [0.29, 0.717) is 5.82 Å². The molecule has 0 atom stereocenters. The van der Waals surface area contributed by atoms with Crippen LogP contribution in [0.3, 0.4) is 0 Å². The van der Waals surface area contributed by atoms with Gasteiger partial charge >= 0.3 is 0 Å². The van der Waals surface area contributed by atoms with Crippen molar-refractivity contribution in [1.82, 2.24) is 25.1 Å². The summed E-state index contributed by atoms with van der Waals surface area (Å²) in [5.41, 5.74) is 1.98. The maximum Gasteiger partial charge on any atom is 0.184 e. The zero-order chi connectivity index (χ0) is 10.8. The summed E-state index contributed by atoms with van der Waals surface area (Å²) in [7, 11) is 0. The first-order valence-corrected chi connectivity index (χ1v) is 5.53. The molecule has 6 heteroatoms. The monoisotopic (exact) mass is 229 g/mol. The third kappa shape index (κ3) is 1.59. The highest BCUT2D eigenvalue weighted by atomic mass is 32.1. The number of nitrogens with one attached hydrogen (secondary N) is 1. The average molecular weight is 229 g/mol. The first-order chi connectivity index (χ1) is 7.93. The van der Waals surface area contributed by atoms with Gasteiger partial charge in [-0.3, -0.25) is 10.1 Å². The van der Waals surface area contributed by atoms with Crippen LogP contribution in [0.15, 0.2) is 36.2 Å². The Bertz CT molecular complexity index is 572. The van der Waals surface area contributed by atoms with Gasteiger partial charge in [0.2, 0.25) is 0 Å². The Morgan fingerprint density at radius 3 is 2.81 bits per heavy atom. The molecule has 0 aliphatic carbocycles. The van der Waals surface area contributed by atoms with Gasteiger partial charge in [0.05, 0.1) is 5.69 Å². The second-order valence-electron chi connectivity index (χ2n) is 3.11. The molecule has 3 rings (SSSR count). The van der Waals surface area contributed by atoms with Crippen molar-refractivity contribution in [2.45, 2.75) is 0 Å². The number of hydrogen-bond donors (Lipinski definition) is 1. The van der Waals surface area contributed by atoms with Gasteiger partial charge in [-0.1, -0.05) is 0 Å². The summed E-state index contributed by atoms with van der Waals surface area (Å²) in [6.07, 6.45) is 4.98. The van der Waals surface area contributed by atoms with Crippen LogP contribution >= 0.6 is 11.3 Å². The Kier molecular flexibility index (Phi) is 2.19. The molecular weight excluding hydrogens is 222 g/mol. The highest BCUT2D eigenvalue weighted by molar-refractivity contribution is 7.13. The van der Waals surface area contributed by atoms with E-state index in [-0.39, 0.29) is 0 Å². The minimum atomic E-state index is 0.699. The van der Waals surface area contributed by atoms with Crippen molar-refractivity contribution in [2.24, 2.45) is 0 Å². The highest BCUT2D eigenvalue weighted by Crippen LogP contribution is 2.25. The summed E-state index contributed by atoms with van der Waals surface area (Å²) in [5.74, 6) is 0.699. The molecule has 0 aliphatic heterocycles. The van der Waals surface area contributed by atoms with E-state index in [9.17, 15) is 0 Å². The van der Waals surface area contributed by atoms with Gasteiger partial charge in [0, 0.05) is 23.3 Å². The van der Waals surface area contributed by atoms with Crippen LogP contribution in [0.1, 0.15) is 0 Å². The molecule has 78 valence electrons. The number of rotatable bonds is 2. The number of aromatic amines is 1. The molecule has 0 bridgehead atoms. The van der Waals surface area contributed by atoms with Crippen molar-refractivity contribution >= 4 is 11.3 Å². The van der Waals surface area contributed by atoms with Crippen molar-refractivity contribution in [3.63, 3.8) is 0 Å². The van der Waals surface area contributed by atoms with Crippen molar-refractivity contribution in [2.75, 3.05) is 0 Å². The number of hydrogen-bond acceptors (Lipinski definition) is 5. The third-order valence-electron chi connectivity index (χ3n) is 2.10. The summed E-state index contributed by atoms with van der Waals surface area (Å²) in [4.78, 5) is 12.5. The maximum absolute atomic E-state index is 4.48. The van der Waals surface area contributed by atoms with Gasteiger partial charge in [0.25, 0.3) is 0 Å². The molecule has 16 heavy (non-hydrogen) atoms. The largest absolute Gasteiger partial charge is 0.265 e. The third-order valence-corrected chi connectivity index (χ3v) is 2.95. The summed E-state index contributed by atoms with van der Waals surface area (Å²) < 4.78 is 0. The number of pyridine rings is 1. The second-order valence-corrected chi connectivity index (χ2v) is 3.97. The van der Waals surface area contributed by atoms with Gasteiger partial charge in [0.1, 0.15) is 6.33 Å². The van der Waals surface area contributed by atoms with E-state index in [0.717, 1.165) is 16.3 Å². The Labute approximate surface area is 95.2 Å². The van der Waals surface area contributed by atoms with Crippen LogP contribution in [0.2, 0.25) is 0 Å². The average Bonchev–Trinajstić information content (AvgIpc) is 3.01. The Morgan fingerprint density at radius 2 is 2.06 bits per heavy atom. The molecular formula is C10H7N5S. The molecule has 0 fully saturated rings. The molecule has 0 amide bonds. The second kappa shape index (κ2) is 3.82. The maximum atomic E-state index is 4.48. The fraction of sp³-hybridized carbons (Fsp3) is 0. The van der Waals surface area contributed by atoms with Crippen molar-refractivity contribution in [1.29, 1.82) is 0 Å². The molecule has 3 aromatic heterocycles. The van der Waals surface area contributed by atoms with E-state index in [1.165, 1.54) is 17.7 Å². The Morgan fingerprint density at radius 1 is 1.19 bits per heavy atom. The first-order valence-electron chi connectivity index (χ1n) is 4.65. The Hall–Kier alpha value is -2.08. The van der Waals surface area contributed by atoms with Crippen LogP contribution in [0.25, 0.3) is 22.1 Å². The number of H-pyrrole nitrogens is 1. The molecule has 0 saturated heterocycles. The summed E-state index contributed by atoms with van der Waals surface area (Å²) in [6, 6.07) is 3.86. The SMILES string of the molecule is c1cc(-c2csc(-c3ncn[nH]3)n2)ccn1. The van der Waals surface area contributed by atoms with Crippen LogP contribution in [0.5, 0.6) is 0 Å². The molecule has 0 aliphatic rings. The zero-order valence-corrected chi connectivity index (χ0v) is 8.98. The van der Waals surface area contributed by atoms with Crippen LogP contribution in [0, 0.1) is 0 Å². The molecule has 0 spiro atoms. The summed E-state index contributed by atoms with van der Waals surface area (Å²) >= 11 is 1.54. The Balaban J connectivity index is 2.00. The van der Waals surface area contributed by atoms with Gasteiger partial charge < -0.3 is 0 Å². The van der Waals surface area contributed by atoms with E-state index < -0.39 is 0 Å². The zero-order valence-electron chi connectivity index (χ0n) is 8.16. The van der Waals surface area contributed by atoms with Gasteiger partial charge in [-0.2, -0.15) is 5.10 Å². The summed E-state index contributed by atoms with van der Waals surface area (Å²) in [5, 5.41) is 9.42. The molecule has 0 saturated carbocycles. The van der Waals surface area contributed by atoms with E-state index in [4.69, 9.17) is 0 Å². The first kappa shape index (κ1) is 9.17. The van der Waals surface area contributed by atoms with Crippen LogP contribution in [-0.2, 0) is 0 Å². The molecule has 0 aromatic carbocycles. The lowest BCUT2D eigenvalue weighted by molar-refractivity contribution is 1.09. The fourth-order valence-corrected chi connectivity index (χ4v) is 2.12. The predicted molar refractivity (Wildman–Crippen MR) is 60.7 cm³/mol. The van der Waals surface area contributed by atoms with Crippen LogP contribution in [-0.4, -0.2) is 25.1 Å². The van der Waals surface area contributed by atoms with Crippen LogP contribution in [0.4, 0.5) is 0 Å². The smallest absolute Gasteiger partial charge is 0.184 e. The quantitative estimate of drug-likeness (QED) is 0.729. The minimum absolute atomic E-state index is 0.699. The van der Waals surface area contributed by atoms with Crippen LogP contribution < -0.4 is 0 Å². The number of thiazole rings is 1.